The van der Waals surface area contributed by atoms with Crippen LogP contribution in [0.25, 0.3) is 0 Å². The number of hydrogen-bond donors (Lipinski definition) is 4. The Hall–Kier alpha value is -1.78. The fourth-order valence-corrected chi connectivity index (χ4v) is 2.03. The Bertz CT molecular complexity index is 558. The first-order valence-corrected chi connectivity index (χ1v) is 8.32. The minimum absolute atomic E-state index is 0. The summed E-state index contributed by atoms with van der Waals surface area (Å²) in [6.45, 7) is 4.73. The van der Waals surface area contributed by atoms with Crippen LogP contribution in [0.2, 0.25) is 0 Å². The molecule has 1 aromatic heterocycles. The van der Waals surface area contributed by atoms with Crippen LogP contribution in [-0.2, 0) is 4.79 Å². The fourth-order valence-electron chi connectivity index (χ4n) is 2.03. The Morgan fingerprint density at radius 1 is 1.16 bits per heavy atom. The number of furan rings is 1. The second-order valence-corrected chi connectivity index (χ2v) is 5.49. The third kappa shape index (κ3) is 8.23. The fraction of sp³-hybridized carbons (Fsp3) is 0.562. The molecule has 4 N–H and O–H groups in total. The van der Waals surface area contributed by atoms with Gasteiger partial charge in [0.1, 0.15) is 0 Å². The highest BCUT2D eigenvalue weighted by molar-refractivity contribution is 14.0. The zero-order valence-corrected chi connectivity index (χ0v) is 16.7. The maximum absolute atomic E-state index is 11.7. The van der Waals surface area contributed by atoms with Gasteiger partial charge in [-0.15, -0.1) is 24.0 Å². The van der Waals surface area contributed by atoms with E-state index >= 15 is 0 Å². The minimum Gasteiger partial charge on any atom is -0.459 e. The molecule has 8 nitrogen and oxygen atoms in total. The number of nitrogens with one attached hydrogen (secondary N) is 4. The number of nitrogens with zero attached hydrogens (tertiary/aromatic N) is 1. The van der Waals surface area contributed by atoms with E-state index in [4.69, 9.17) is 4.42 Å². The van der Waals surface area contributed by atoms with Crippen molar-refractivity contribution in [2.24, 2.45) is 10.9 Å². The number of guanidine groups is 1. The van der Waals surface area contributed by atoms with Gasteiger partial charge in [0.15, 0.2) is 11.7 Å². The smallest absolute Gasteiger partial charge is 0.287 e. The van der Waals surface area contributed by atoms with Crippen molar-refractivity contribution in [2.45, 2.75) is 19.8 Å². The third-order valence-electron chi connectivity index (χ3n) is 3.42. The highest BCUT2D eigenvalue weighted by atomic mass is 127. The van der Waals surface area contributed by atoms with Crippen molar-refractivity contribution in [1.82, 2.24) is 21.3 Å². The first-order valence-electron chi connectivity index (χ1n) is 8.32. The van der Waals surface area contributed by atoms with Gasteiger partial charge in [-0.3, -0.25) is 14.6 Å². The van der Waals surface area contributed by atoms with E-state index in [9.17, 15) is 9.59 Å². The van der Waals surface area contributed by atoms with Gasteiger partial charge in [-0.2, -0.15) is 0 Å². The Kier molecular flexibility index (Phi) is 9.97. The quantitative estimate of drug-likeness (QED) is 0.187. The average molecular weight is 463 g/mol. The average Bonchev–Trinajstić information content (AvgIpc) is 3.29. The summed E-state index contributed by atoms with van der Waals surface area (Å²) in [7, 11) is 0. The van der Waals surface area contributed by atoms with Crippen LogP contribution in [0.1, 0.15) is 30.3 Å². The first kappa shape index (κ1) is 21.3. The van der Waals surface area contributed by atoms with Crippen LogP contribution < -0.4 is 21.3 Å². The molecule has 0 bridgehead atoms. The van der Waals surface area contributed by atoms with Crippen molar-refractivity contribution in [1.29, 1.82) is 0 Å². The molecule has 9 heteroatoms. The third-order valence-corrected chi connectivity index (χ3v) is 3.42. The van der Waals surface area contributed by atoms with Crippen LogP contribution in [0, 0.1) is 5.92 Å². The van der Waals surface area contributed by atoms with E-state index in [2.05, 4.69) is 26.3 Å². The second-order valence-electron chi connectivity index (χ2n) is 5.49. The summed E-state index contributed by atoms with van der Waals surface area (Å²) in [5.41, 5.74) is 0. The number of amides is 2. The summed E-state index contributed by atoms with van der Waals surface area (Å²) in [6, 6.07) is 3.29. The SMILES string of the molecule is CCNC(=NCCNC(=O)C1CC1)NCCNC(=O)c1ccco1.I. The Morgan fingerprint density at radius 3 is 2.56 bits per heavy atom. The standard InChI is InChI=1S/C16H25N5O3.HI/c1-2-17-16(20-9-7-18-14(22)12-5-6-12)21-10-8-19-15(23)13-4-3-11-24-13;/h3-4,11-12H,2,5-10H2,1H3,(H,18,22)(H,19,23)(H2,17,20,21);1H. The van der Waals surface area contributed by atoms with Gasteiger partial charge in [-0.1, -0.05) is 0 Å². The normalized spacial score (nSPS) is 13.6. The zero-order valence-electron chi connectivity index (χ0n) is 14.3. The molecule has 2 rings (SSSR count). The summed E-state index contributed by atoms with van der Waals surface area (Å²) in [4.78, 5) is 27.6. The number of aliphatic imine (C=N–C) groups is 1. The molecule has 1 fully saturated rings. The molecule has 0 aliphatic heterocycles. The number of hydrogen-bond acceptors (Lipinski definition) is 4. The summed E-state index contributed by atoms with van der Waals surface area (Å²) < 4.78 is 5.01. The number of carbonyl (C=O) groups excluding carboxylic acids is 2. The van der Waals surface area contributed by atoms with Crippen molar-refractivity contribution in [3.05, 3.63) is 24.2 Å². The first-order chi connectivity index (χ1) is 11.7. The lowest BCUT2D eigenvalue weighted by molar-refractivity contribution is -0.122. The van der Waals surface area contributed by atoms with Crippen molar-refractivity contribution < 1.29 is 14.0 Å². The molecule has 0 unspecified atom stereocenters. The van der Waals surface area contributed by atoms with Crippen molar-refractivity contribution in [3.8, 4) is 0 Å². The Morgan fingerprint density at radius 2 is 1.92 bits per heavy atom. The van der Waals surface area contributed by atoms with Gasteiger partial charge in [-0.25, -0.2) is 0 Å². The predicted octanol–water partition coefficient (Wildman–Crippen LogP) is 0.709. The van der Waals surface area contributed by atoms with Gasteiger partial charge in [0.2, 0.25) is 5.91 Å². The molecular formula is C16H26IN5O3. The largest absolute Gasteiger partial charge is 0.459 e. The van der Waals surface area contributed by atoms with Gasteiger partial charge < -0.3 is 25.7 Å². The summed E-state index contributed by atoms with van der Waals surface area (Å²) in [5.74, 6) is 1.06. The molecular weight excluding hydrogens is 437 g/mol. The van der Waals surface area contributed by atoms with Crippen molar-refractivity contribution in [2.75, 3.05) is 32.7 Å². The molecule has 1 heterocycles. The molecule has 0 aromatic carbocycles. The zero-order chi connectivity index (χ0) is 17.2. The summed E-state index contributed by atoms with van der Waals surface area (Å²) in [5, 5.41) is 11.9. The molecule has 25 heavy (non-hydrogen) atoms. The highest BCUT2D eigenvalue weighted by Crippen LogP contribution is 2.28. The van der Waals surface area contributed by atoms with E-state index in [1.807, 2.05) is 6.92 Å². The van der Waals surface area contributed by atoms with Crippen LogP contribution in [0.3, 0.4) is 0 Å². The second kappa shape index (κ2) is 11.7. The maximum Gasteiger partial charge on any atom is 0.287 e. The molecule has 0 spiro atoms. The lowest BCUT2D eigenvalue weighted by Crippen LogP contribution is -2.42. The van der Waals surface area contributed by atoms with E-state index in [0.717, 1.165) is 19.4 Å². The van der Waals surface area contributed by atoms with Crippen molar-refractivity contribution >= 4 is 41.8 Å². The van der Waals surface area contributed by atoms with Gasteiger partial charge >= 0.3 is 0 Å². The van der Waals surface area contributed by atoms with E-state index in [1.54, 1.807) is 12.1 Å². The molecule has 1 aromatic rings. The number of carbonyl (C=O) groups is 2. The molecule has 1 aliphatic carbocycles. The highest BCUT2D eigenvalue weighted by Gasteiger charge is 2.28. The van der Waals surface area contributed by atoms with Crippen LogP contribution in [0.4, 0.5) is 0 Å². The lowest BCUT2D eigenvalue weighted by atomic mass is 10.4. The molecule has 1 aliphatic rings. The van der Waals surface area contributed by atoms with E-state index in [1.165, 1.54) is 6.26 Å². The maximum atomic E-state index is 11.7. The molecule has 0 saturated heterocycles. The predicted molar refractivity (Wildman–Crippen MR) is 106 cm³/mol. The van der Waals surface area contributed by atoms with Crippen LogP contribution in [0.15, 0.2) is 27.8 Å². The summed E-state index contributed by atoms with van der Waals surface area (Å²) >= 11 is 0. The van der Waals surface area contributed by atoms with E-state index in [-0.39, 0.29) is 41.7 Å². The summed E-state index contributed by atoms with van der Waals surface area (Å²) in [6.07, 6.45) is 3.47. The number of halogens is 1. The molecule has 2 amide bonds. The van der Waals surface area contributed by atoms with Gasteiger partial charge in [-0.05, 0) is 31.9 Å². The monoisotopic (exact) mass is 463 g/mol. The van der Waals surface area contributed by atoms with E-state index in [0.29, 0.717) is 37.9 Å². The lowest BCUT2D eigenvalue weighted by Gasteiger charge is -2.11. The molecule has 0 radical (unpaired) electrons. The van der Waals surface area contributed by atoms with Gasteiger partial charge in [0.05, 0.1) is 12.8 Å². The van der Waals surface area contributed by atoms with Crippen LogP contribution >= 0.6 is 24.0 Å². The Labute approximate surface area is 164 Å². The molecule has 0 atom stereocenters. The van der Waals surface area contributed by atoms with Gasteiger partial charge in [0, 0.05) is 32.1 Å². The molecule has 140 valence electrons. The van der Waals surface area contributed by atoms with Crippen LogP contribution in [0.5, 0.6) is 0 Å². The minimum atomic E-state index is -0.244. The van der Waals surface area contributed by atoms with Gasteiger partial charge in [0.25, 0.3) is 5.91 Å². The number of rotatable bonds is 9. The van der Waals surface area contributed by atoms with Crippen molar-refractivity contribution in [3.63, 3.8) is 0 Å². The Balaban J connectivity index is 0.00000312. The molecule has 1 saturated carbocycles. The van der Waals surface area contributed by atoms with Crippen LogP contribution in [-0.4, -0.2) is 50.5 Å². The van der Waals surface area contributed by atoms with E-state index < -0.39 is 0 Å². The topological polar surface area (TPSA) is 108 Å².